The van der Waals surface area contributed by atoms with Crippen LogP contribution in [0.4, 0.5) is 8.78 Å². The molecule has 0 aliphatic rings. The van der Waals surface area contributed by atoms with Crippen molar-refractivity contribution in [1.29, 1.82) is 0 Å². The van der Waals surface area contributed by atoms with Crippen LogP contribution >= 0.6 is 0 Å². The number of benzene rings is 1. The van der Waals surface area contributed by atoms with E-state index in [4.69, 9.17) is 0 Å². The lowest BCUT2D eigenvalue weighted by Gasteiger charge is -2.12. The molecule has 0 aromatic heterocycles. The molecule has 15 heavy (non-hydrogen) atoms. The first-order valence-corrected chi connectivity index (χ1v) is 5.72. The Kier molecular flexibility index (Phi) is 3.41. The molecule has 1 rings (SSSR count). The summed E-state index contributed by atoms with van der Waals surface area (Å²) in [7, 11) is -4.58. The van der Waals surface area contributed by atoms with Gasteiger partial charge in [0.1, 0.15) is 0 Å². The SMILES string of the molecule is CC(F)(F)S(=O)(=O)NCc1ccccc1. The molecule has 1 aromatic rings. The minimum atomic E-state index is -4.58. The third-order valence-corrected chi connectivity index (χ3v) is 3.25. The second-order valence-corrected chi connectivity index (χ2v) is 5.13. The van der Waals surface area contributed by atoms with Crippen molar-refractivity contribution in [3.8, 4) is 0 Å². The molecule has 0 aliphatic heterocycles. The van der Waals surface area contributed by atoms with Crippen LogP contribution in [0.5, 0.6) is 0 Å². The summed E-state index contributed by atoms with van der Waals surface area (Å²) in [6.45, 7) is 0.215. The predicted molar refractivity (Wildman–Crippen MR) is 52.8 cm³/mol. The molecule has 0 atom stereocenters. The van der Waals surface area contributed by atoms with Crippen LogP contribution in [0, 0.1) is 0 Å². The van der Waals surface area contributed by atoms with Gasteiger partial charge in [-0.25, -0.2) is 13.1 Å². The van der Waals surface area contributed by atoms with Crippen LogP contribution in [0.15, 0.2) is 30.3 Å². The molecule has 0 saturated carbocycles. The molecule has 0 saturated heterocycles. The summed E-state index contributed by atoms with van der Waals surface area (Å²) in [6.07, 6.45) is 0. The van der Waals surface area contributed by atoms with Gasteiger partial charge in [-0.1, -0.05) is 30.3 Å². The summed E-state index contributed by atoms with van der Waals surface area (Å²) < 4.78 is 48.9. The Labute approximate surface area is 87.2 Å². The molecule has 6 heteroatoms. The summed E-state index contributed by atoms with van der Waals surface area (Å²) in [4.78, 5) is 0. The van der Waals surface area contributed by atoms with Gasteiger partial charge >= 0.3 is 5.25 Å². The smallest absolute Gasteiger partial charge is 0.206 e. The first kappa shape index (κ1) is 12.1. The second-order valence-electron chi connectivity index (χ2n) is 3.12. The van der Waals surface area contributed by atoms with Gasteiger partial charge in [0.2, 0.25) is 0 Å². The average Bonchev–Trinajstić information content (AvgIpc) is 2.15. The fraction of sp³-hybridized carbons (Fsp3) is 0.333. The van der Waals surface area contributed by atoms with E-state index in [1.807, 2.05) is 4.72 Å². The van der Waals surface area contributed by atoms with Gasteiger partial charge in [-0.2, -0.15) is 8.78 Å². The molecule has 1 aromatic carbocycles. The normalized spacial score (nSPS) is 12.7. The van der Waals surface area contributed by atoms with Crippen molar-refractivity contribution in [2.75, 3.05) is 0 Å². The van der Waals surface area contributed by atoms with E-state index in [1.165, 1.54) is 0 Å². The number of sulfonamides is 1. The number of alkyl halides is 2. The van der Waals surface area contributed by atoms with E-state index in [-0.39, 0.29) is 6.54 Å². The van der Waals surface area contributed by atoms with Crippen LogP contribution in [0.2, 0.25) is 0 Å². The molecule has 0 spiro atoms. The largest absolute Gasteiger partial charge is 0.356 e. The second kappa shape index (κ2) is 4.24. The number of halogens is 2. The third-order valence-electron chi connectivity index (χ3n) is 1.78. The van der Waals surface area contributed by atoms with Gasteiger partial charge in [0, 0.05) is 13.5 Å². The van der Waals surface area contributed by atoms with Gasteiger partial charge in [-0.05, 0) is 5.56 Å². The molecule has 0 heterocycles. The van der Waals surface area contributed by atoms with Gasteiger partial charge in [0.05, 0.1) is 0 Å². The van der Waals surface area contributed by atoms with E-state index in [0.717, 1.165) is 0 Å². The highest BCUT2D eigenvalue weighted by atomic mass is 32.2. The zero-order valence-corrected chi connectivity index (χ0v) is 8.89. The quantitative estimate of drug-likeness (QED) is 0.863. The van der Waals surface area contributed by atoms with Crippen LogP contribution in [0.3, 0.4) is 0 Å². The molecule has 1 N–H and O–H groups in total. The van der Waals surface area contributed by atoms with E-state index in [9.17, 15) is 17.2 Å². The summed E-state index contributed by atoms with van der Waals surface area (Å²) in [5.41, 5.74) is 0.630. The van der Waals surface area contributed by atoms with Gasteiger partial charge in [-0.3, -0.25) is 0 Å². The fourth-order valence-corrected chi connectivity index (χ4v) is 1.51. The standard InChI is InChI=1S/C9H11F2NO2S/c1-9(10,11)15(13,14)12-7-8-5-3-2-4-6-8/h2-6,12H,7H2,1H3. The molecule has 0 aliphatic carbocycles. The van der Waals surface area contributed by atoms with Crippen LogP contribution in [0.25, 0.3) is 0 Å². The van der Waals surface area contributed by atoms with Gasteiger partial charge in [0.15, 0.2) is 0 Å². The Hall–Kier alpha value is -1.01. The first-order chi connectivity index (χ1) is 6.83. The number of hydrogen-bond acceptors (Lipinski definition) is 2. The van der Waals surface area contributed by atoms with Crippen LogP contribution in [0.1, 0.15) is 12.5 Å². The van der Waals surface area contributed by atoms with Gasteiger partial charge in [-0.15, -0.1) is 0 Å². The van der Waals surface area contributed by atoms with Crippen molar-refractivity contribution in [1.82, 2.24) is 4.72 Å². The van der Waals surface area contributed by atoms with Crippen molar-refractivity contribution >= 4 is 10.0 Å². The highest BCUT2D eigenvalue weighted by molar-refractivity contribution is 7.90. The molecule has 0 amide bonds. The van der Waals surface area contributed by atoms with Crippen molar-refractivity contribution in [3.63, 3.8) is 0 Å². The van der Waals surface area contributed by atoms with Crippen molar-refractivity contribution in [3.05, 3.63) is 35.9 Å². The van der Waals surface area contributed by atoms with Crippen molar-refractivity contribution in [2.45, 2.75) is 18.7 Å². The molecule has 3 nitrogen and oxygen atoms in total. The molecular formula is C9H11F2NO2S. The third kappa shape index (κ3) is 3.24. The highest BCUT2D eigenvalue weighted by Gasteiger charge is 2.38. The van der Waals surface area contributed by atoms with Crippen molar-refractivity contribution in [2.24, 2.45) is 0 Å². The maximum absolute atomic E-state index is 12.6. The van der Waals surface area contributed by atoms with Crippen LogP contribution in [-0.4, -0.2) is 13.7 Å². The Morgan fingerprint density at radius 1 is 1.27 bits per heavy atom. The highest BCUT2D eigenvalue weighted by Crippen LogP contribution is 2.19. The van der Waals surface area contributed by atoms with E-state index in [0.29, 0.717) is 12.5 Å². The minimum absolute atomic E-state index is 0.132. The Morgan fingerprint density at radius 2 is 1.80 bits per heavy atom. The Bertz CT molecular complexity index is 411. The van der Waals surface area contributed by atoms with E-state index in [1.54, 1.807) is 30.3 Å². The molecule has 0 radical (unpaired) electrons. The zero-order valence-electron chi connectivity index (χ0n) is 8.07. The number of hydrogen-bond donors (Lipinski definition) is 1. The topological polar surface area (TPSA) is 46.2 Å². The monoisotopic (exact) mass is 235 g/mol. The molecular weight excluding hydrogens is 224 g/mol. The molecule has 0 fully saturated rings. The maximum atomic E-state index is 12.6. The van der Waals surface area contributed by atoms with E-state index >= 15 is 0 Å². The van der Waals surface area contributed by atoms with Crippen molar-refractivity contribution < 1.29 is 17.2 Å². The van der Waals surface area contributed by atoms with E-state index in [2.05, 4.69) is 0 Å². The van der Waals surface area contributed by atoms with Gasteiger partial charge in [0.25, 0.3) is 10.0 Å². The Morgan fingerprint density at radius 3 is 2.27 bits per heavy atom. The predicted octanol–water partition coefficient (Wildman–Crippen LogP) is 1.72. The summed E-state index contributed by atoms with van der Waals surface area (Å²) >= 11 is 0. The molecule has 84 valence electrons. The number of rotatable bonds is 4. The fourth-order valence-electron chi connectivity index (χ4n) is 0.901. The summed E-state index contributed by atoms with van der Waals surface area (Å²) in [5.74, 6) is 0. The summed E-state index contributed by atoms with van der Waals surface area (Å²) in [6, 6.07) is 8.46. The zero-order chi connectivity index (χ0) is 11.5. The van der Waals surface area contributed by atoms with Crippen LogP contribution in [-0.2, 0) is 16.6 Å². The number of nitrogens with one attached hydrogen (secondary N) is 1. The van der Waals surface area contributed by atoms with Crippen LogP contribution < -0.4 is 4.72 Å². The minimum Gasteiger partial charge on any atom is -0.206 e. The molecule has 0 bridgehead atoms. The lowest BCUT2D eigenvalue weighted by molar-refractivity contribution is 0.112. The first-order valence-electron chi connectivity index (χ1n) is 4.24. The lowest BCUT2D eigenvalue weighted by Crippen LogP contribution is -2.36. The van der Waals surface area contributed by atoms with Gasteiger partial charge < -0.3 is 0 Å². The van der Waals surface area contributed by atoms with E-state index < -0.39 is 15.3 Å². The average molecular weight is 235 g/mol. The summed E-state index contributed by atoms with van der Waals surface area (Å²) in [5, 5.41) is -3.76. The Balaban J connectivity index is 2.67. The molecule has 0 unspecified atom stereocenters. The maximum Gasteiger partial charge on any atom is 0.356 e. The lowest BCUT2D eigenvalue weighted by atomic mass is 10.2.